The van der Waals surface area contributed by atoms with Gasteiger partial charge in [-0.15, -0.1) is 0 Å². The van der Waals surface area contributed by atoms with Gasteiger partial charge in [-0.2, -0.15) is 0 Å². The van der Waals surface area contributed by atoms with E-state index < -0.39 is 9.84 Å². The maximum Gasteiger partial charge on any atom is 0.259 e. The van der Waals surface area contributed by atoms with E-state index in [2.05, 4.69) is 15.2 Å². The lowest BCUT2D eigenvalue weighted by atomic mass is 9.93. The SMILES string of the molecule is CC(C)(C)CS(=O)(=O)c1cccc(NC(=O)c2cccnc2N2CCC3(CC2)CC3)c1. The number of anilines is 2. The van der Waals surface area contributed by atoms with Crippen molar-refractivity contribution in [3.05, 3.63) is 48.2 Å². The first-order valence-electron chi connectivity index (χ1n) is 10.9. The second-order valence-electron chi connectivity index (χ2n) is 10.2. The molecule has 0 radical (unpaired) electrons. The van der Waals surface area contributed by atoms with Gasteiger partial charge in [-0.3, -0.25) is 4.79 Å². The summed E-state index contributed by atoms with van der Waals surface area (Å²) in [5.74, 6) is 0.466. The van der Waals surface area contributed by atoms with Gasteiger partial charge in [0.05, 0.1) is 16.2 Å². The maximum absolute atomic E-state index is 13.1. The van der Waals surface area contributed by atoms with Gasteiger partial charge in [0.15, 0.2) is 9.84 Å². The third-order valence-electron chi connectivity index (χ3n) is 6.19. The molecule has 2 aromatic rings. The molecular formula is C24H31N3O3S. The molecule has 7 heteroatoms. The zero-order chi connectivity index (χ0) is 22.3. The summed E-state index contributed by atoms with van der Waals surface area (Å²) >= 11 is 0. The molecule has 31 heavy (non-hydrogen) atoms. The molecule has 0 unspecified atom stereocenters. The van der Waals surface area contributed by atoms with Crippen molar-refractivity contribution in [1.29, 1.82) is 0 Å². The van der Waals surface area contributed by atoms with Crippen LogP contribution in [-0.4, -0.2) is 38.2 Å². The van der Waals surface area contributed by atoms with Gasteiger partial charge in [-0.1, -0.05) is 26.8 Å². The average molecular weight is 442 g/mol. The molecule has 1 aliphatic heterocycles. The number of piperidine rings is 1. The average Bonchev–Trinajstić information content (AvgIpc) is 3.46. The van der Waals surface area contributed by atoms with E-state index in [1.54, 1.807) is 36.5 Å². The summed E-state index contributed by atoms with van der Waals surface area (Å²) in [6.45, 7) is 7.51. The number of nitrogens with zero attached hydrogens (tertiary/aromatic N) is 2. The molecule has 1 aromatic carbocycles. The van der Waals surface area contributed by atoms with Gasteiger partial charge >= 0.3 is 0 Å². The molecule has 0 bridgehead atoms. The number of hydrogen-bond donors (Lipinski definition) is 1. The molecule has 166 valence electrons. The van der Waals surface area contributed by atoms with Gasteiger partial charge in [0, 0.05) is 25.0 Å². The van der Waals surface area contributed by atoms with Gasteiger partial charge in [-0.05, 0) is 66.8 Å². The van der Waals surface area contributed by atoms with Gasteiger partial charge in [0.25, 0.3) is 5.91 Å². The Morgan fingerprint density at radius 2 is 1.81 bits per heavy atom. The number of aromatic nitrogens is 1. The molecule has 4 rings (SSSR count). The number of nitrogens with one attached hydrogen (secondary N) is 1. The second kappa shape index (κ2) is 7.93. The first kappa shape index (κ1) is 21.8. The van der Waals surface area contributed by atoms with Gasteiger partial charge in [0.2, 0.25) is 0 Å². The summed E-state index contributed by atoms with van der Waals surface area (Å²) < 4.78 is 25.5. The van der Waals surface area contributed by atoms with Crippen molar-refractivity contribution in [3.8, 4) is 0 Å². The highest BCUT2D eigenvalue weighted by Gasteiger charge is 2.44. The molecule has 1 amide bonds. The highest BCUT2D eigenvalue weighted by Crippen LogP contribution is 2.53. The molecule has 1 aliphatic carbocycles. The van der Waals surface area contributed by atoms with Crippen LogP contribution >= 0.6 is 0 Å². The van der Waals surface area contributed by atoms with Gasteiger partial charge < -0.3 is 10.2 Å². The summed E-state index contributed by atoms with van der Waals surface area (Å²) in [6.07, 6.45) is 6.67. The Bertz CT molecular complexity index is 1080. The van der Waals surface area contributed by atoms with Crippen LogP contribution in [0.1, 0.15) is 56.8 Å². The van der Waals surface area contributed by atoms with E-state index >= 15 is 0 Å². The second-order valence-corrected chi connectivity index (χ2v) is 12.2. The van der Waals surface area contributed by atoms with Crippen LogP contribution in [0.2, 0.25) is 0 Å². The smallest absolute Gasteiger partial charge is 0.259 e. The Balaban J connectivity index is 1.52. The topological polar surface area (TPSA) is 79.4 Å². The van der Waals surface area contributed by atoms with E-state index in [0.29, 0.717) is 22.5 Å². The molecule has 1 saturated carbocycles. The zero-order valence-electron chi connectivity index (χ0n) is 18.5. The number of hydrogen-bond acceptors (Lipinski definition) is 5. The van der Waals surface area contributed by atoms with Crippen LogP contribution < -0.4 is 10.2 Å². The molecule has 0 atom stereocenters. The standard InChI is InChI=1S/C24H31N3O3S/c1-23(2,3)17-31(29,30)19-7-4-6-18(16-19)26-22(28)20-8-5-13-25-21(20)27-14-11-24(9-10-24)12-15-27/h4-8,13,16H,9-12,14-15,17H2,1-3H3,(H,26,28). The van der Waals surface area contributed by atoms with Crippen molar-refractivity contribution in [1.82, 2.24) is 4.98 Å². The predicted octanol–water partition coefficient (Wildman–Crippen LogP) is 4.53. The molecule has 1 saturated heterocycles. The largest absolute Gasteiger partial charge is 0.356 e. The van der Waals surface area contributed by atoms with Crippen LogP contribution in [0.5, 0.6) is 0 Å². The molecule has 1 N–H and O–H groups in total. The summed E-state index contributed by atoms with van der Waals surface area (Å²) in [5.41, 5.74) is 1.17. The lowest BCUT2D eigenvalue weighted by molar-refractivity contribution is 0.102. The van der Waals surface area contributed by atoms with Crippen molar-refractivity contribution >= 4 is 27.2 Å². The van der Waals surface area contributed by atoms with E-state index in [1.165, 1.54) is 18.9 Å². The number of carbonyl (C=O) groups is 1. The van der Waals surface area contributed by atoms with E-state index in [1.807, 2.05) is 20.8 Å². The Morgan fingerprint density at radius 3 is 2.45 bits per heavy atom. The maximum atomic E-state index is 13.1. The third-order valence-corrected chi connectivity index (χ3v) is 8.40. The van der Waals surface area contributed by atoms with Crippen LogP contribution in [0.15, 0.2) is 47.5 Å². The number of rotatable bonds is 5. The van der Waals surface area contributed by atoms with Crippen LogP contribution in [0.4, 0.5) is 11.5 Å². The Hall–Kier alpha value is -2.41. The number of benzene rings is 1. The van der Waals surface area contributed by atoms with Crippen molar-refractivity contribution in [3.63, 3.8) is 0 Å². The van der Waals surface area contributed by atoms with Crippen molar-refractivity contribution < 1.29 is 13.2 Å². The molecule has 6 nitrogen and oxygen atoms in total. The lowest BCUT2D eigenvalue weighted by Gasteiger charge is -2.33. The predicted molar refractivity (Wildman–Crippen MR) is 123 cm³/mol. The fourth-order valence-corrected chi connectivity index (χ4v) is 6.21. The number of pyridine rings is 1. The molecule has 2 aliphatic rings. The fourth-order valence-electron chi connectivity index (χ4n) is 4.31. The molecule has 2 fully saturated rings. The highest BCUT2D eigenvalue weighted by molar-refractivity contribution is 7.91. The zero-order valence-corrected chi connectivity index (χ0v) is 19.3. The van der Waals surface area contributed by atoms with E-state index in [9.17, 15) is 13.2 Å². The fraction of sp³-hybridized carbons (Fsp3) is 0.500. The summed E-state index contributed by atoms with van der Waals surface area (Å²) in [6, 6.07) is 10.0. The van der Waals surface area contributed by atoms with Crippen molar-refractivity contribution in [2.75, 3.05) is 29.1 Å². The summed E-state index contributed by atoms with van der Waals surface area (Å²) in [4.78, 5) is 20.0. The monoisotopic (exact) mass is 441 g/mol. The van der Waals surface area contributed by atoms with Crippen LogP contribution in [0.3, 0.4) is 0 Å². The van der Waals surface area contributed by atoms with Crippen LogP contribution in [0, 0.1) is 10.8 Å². The quantitative estimate of drug-likeness (QED) is 0.737. The minimum absolute atomic E-state index is 0.0423. The molecule has 2 heterocycles. The van der Waals surface area contributed by atoms with E-state index in [0.717, 1.165) is 25.9 Å². The van der Waals surface area contributed by atoms with E-state index in [-0.39, 0.29) is 22.0 Å². The number of amides is 1. The number of carbonyl (C=O) groups excluding carboxylic acids is 1. The molecular weight excluding hydrogens is 410 g/mol. The van der Waals surface area contributed by atoms with Crippen molar-refractivity contribution in [2.24, 2.45) is 10.8 Å². The normalized spacial score (nSPS) is 18.1. The third kappa shape index (κ3) is 5.09. The molecule has 1 spiro atoms. The Labute approximate surface area is 185 Å². The van der Waals surface area contributed by atoms with Crippen LogP contribution in [0.25, 0.3) is 0 Å². The minimum atomic E-state index is -3.44. The Morgan fingerprint density at radius 1 is 1.10 bits per heavy atom. The Kier molecular flexibility index (Phi) is 5.58. The lowest BCUT2D eigenvalue weighted by Crippen LogP contribution is -2.36. The minimum Gasteiger partial charge on any atom is -0.356 e. The first-order valence-corrected chi connectivity index (χ1v) is 12.6. The summed E-state index contributed by atoms with van der Waals surface area (Å²) in [5, 5.41) is 2.87. The van der Waals surface area contributed by atoms with Crippen LogP contribution in [-0.2, 0) is 9.84 Å². The van der Waals surface area contributed by atoms with Gasteiger partial charge in [-0.25, -0.2) is 13.4 Å². The van der Waals surface area contributed by atoms with Gasteiger partial charge in [0.1, 0.15) is 5.82 Å². The number of sulfone groups is 1. The summed E-state index contributed by atoms with van der Waals surface area (Å²) in [7, 11) is -3.44. The first-order chi connectivity index (χ1) is 14.6. The molecule has 1 aromatic heterocycles. The van der Waals surface area contributed by atoms with E-state index in [4.69, 9.17) is 0 Å². The highest BCUT2D eigenvalue weighted by atomic mass is 32.2. The van der Waals surface area contributed by atoms with Crippen molar-refractivity contribution in [2.45, 2.75) is 51.3 Å².